The van der Waals surface area contributed by atoms with Gasteiger partial charge in [0.2, 0.25) is 0 Å². The first-order chi connectivity index (χ1) is 14.1. The van der Waals surface area contributed by atoms with E-state index in [0.29, 0.717) is 28.7 Å². The highest BCUT2D eigenvalue weighted by Gasteiger charge is 2.10. The molecule has 6 heteroatoms. The minimum atomic E-state index is -0.338. The van der Waals surface area contributed by atoms with Crippen LogP contribution in [0.2, 0.25) is 0 Å². The topological polar surface area (TPSA) is 75.0 Å². The number of carbonyl (C=O) groups excluding carboxylic acids is 1. The summed E-state index contributed by atoms with van der Waals surface area (Å²) in [6.07, 6.45) is 1.62. The number of rotatable bonds is 7. The third-order valence-electron chi connectivity index (χ3n) is 3.98. The zero-order valence-electron chi connectivity index (χ0n) is 16.3. The molecule has 0 unspecified atom stereocenters. The minimum absolute atomic E-state index is 0.294. The standard InChI is InChI=1S/C23H21N3O2S/c1-16(2)14-28-23(27)18-8-10-20(11-9-18)25-13-19(12-24)22-26-21(15-29-22)17-6-4-3-5-7-17/h3-11,13,15-16,25H,14H2,1-2H3. The van der Waals surface area contributed by atoms with Gasteiger partial charge in [-0.2, -0.15) is 5.26 Å². The van der Waals surface area contributed by atoms with Crippen LogP contribution in [0.5, 0.6) is 0 Å². The molecule has 3 aromatic rings. The van der Waals surface area contributed by atoms with Crippen molar-refractivity contribution < 1.29 is 9.53 Å². The van der Waals surface area contributed by atoms with E-state index < -0.39 is 0 Å². The van der Waals surface area contributed by atoms with Crippen molar-refractivity contribution in [2.24, 2.45) is 5.92 Å². The minimum Gasteiger partial charge on any atom is -0.462 e. The maximum atomic E-state index is 12.0. The van der Waals surface area contributed by atoms with Crippen LogP contribution in [0, 0.1) is 17.2 Å². The van der Waals surface area contributed by atoms with Crippen LogP contribution in [0.3, 0.4) is 0 Å². The molecule has 5 nitrogen and oxygen atoms in total. The highest BCUT2D eigenvalue weighted by atomic mass is 32.1. The van der Waals surface area contributed by atoms with Gasteiger partial charge in [-0.05, 0) is 30.2 Å². The molecule has 0 saturated heterocycles. The lowest BCUT2D eigenvalue weighted by atomic mass is 10.2. The van der Waals surface area contributed by atoms with Crippen molar-refractivity contribution in [3.8, 4) is 17.3 Å². The Bertz CT molecular complexity index is 1030. The molecule has 0 spiro atoms. The molecule has 0 radical (unpaired) electrons. The molecule has 2 aromatic carbocycles. The second-order valence-electron chi connectivity index (χ2n) is 6.79. The lowest BCUT2D eigenvalue weighted by molar-refractivity contribution is 0.0459. The second kappa shape index (κ2) is 9.67. The monoisotopic (exact) mass is 403 g/mol. The van der Waals surface area contributed by atoms with Crippen molar-refractivity contribution >= 4 is 28.6 Å². The van der Waals surface area contributed by atoms with Crippen molar-refractivity contribution in [1.82, 2.24) is 4.98 Å². The molecular weight excluding hydrogens is 382 g/mol. The number of nitrogens with zero attached hydrogens (tertiary/aromatic N) is 2. The fraction of sp³-hybridized carbons (Fsp3) is 0.174. The van der Waals surface area contributed by atoms with Crippen LogP contribution in [0.4, 0.5) is 5.69 Å². The second-order valence-corrected chi connectivity index (χ2v) is 7.65. The zero-order valence-corrected chi connectivity index (χ0v) is 17.1. The summed E-state index contributed by atoms with van der Waals surface area (Å²) in [7, 11) is 0. The SMILES string of the molecule is CC(C)COC(=O)c1ccc(NC=C(C#N)c2nc(-c3ccccc3)cs2)cc1. The molecule has 1 N–H and O–H groups in total. The van der Waals surface area contributed by atoms with E-state index >= 15 is 0 Å². The number of nitrogens with one attached hydrogen (secondary N) is 1. The van der Waals surface area contributed by atoms with Crippen LogP contribution in [-0.2, 0) is 4.74 Å². The number of thiazole rings is 1. The number of aromatic nitrogens is 1. The van der Waals surface area contributed by atoms with Gasteiger partial charge in [0.1, 0.15) is 16.6 Å². The summed E-state index contributed by atoms with van der Waals surface area (Å²) in [6.45, 7) is 4.38. The summed E-state index contributed by atoms with van der Waals surface area (Å²) < 4.78 is 5.22. The summed E-state index contributed by atoms with van der Waals surface area (Å²) in [5, 5.41) is 15.2. The summed E-state index contributed by atoms with van der Waals surface area (Å²) in [6, 6.07) is 19.0. The molecule has 0 aliphatic heterocycles. The van der Waals surface area contributed by atoms with E-state index in [1.54, 1.807) is 30.5 Å². The molecule has 146 valence electrons. The number of carbonyl (C=O) groups is 1. The van der Waals surface area contributed by atoms with Crippen molar-refractivity contribution in [3.63, 3.8) is 0 Å². The fourth-order valence-corrected chi connectivity index (χ4v) is 3.26. The van der Waals surface area contributed by atoms with Gasteiger partial charge in [0.05, 0.1) is 17.9 Å². The molecular formula is C23H21N3O2S. The van der Waals surface area contributed by atoms with E-state index in [1.165, 1.54) is 11.3 Å². The first kappa shape index (κ1) is 20.3. The van der Waals surface area contributed by atoms with E-state index in [0.717, 1.165) is 16.9 Å². The average molecular weight is 404 g/mol. The van der Waals surface area contributed by atoms with Gasteiger partial charge in [-0.25, -0.2) is 9.78 Å². The smallest absolute Gasteiger partial charge is 0.338 e. The quantitative estimate of drug-likeness (QED) is 0.410. The van der Waals surface area contributed by atoms with Gasteiger partial charge in [0.15, 0.2) is 0 Å². The number of nitriles is 1. The van der Waals surface area contributed by atoms with Gasteiger partial charge in [0, 0.05) is 22.8 Å². The Hall–Kier alpha value is -3.43. The number of esters is 1. The Balaban J connectivity index is 1.67. The number of ether oxygens (including phenoxy) is 1. The first-order valence-corrected chi connectivity index (χ1v) is 10.1. The summed E-state index contributed by atoms with van der Waals surface area (Å²) in [4.78, 5) is 16.5. The maximum Gasteiger partial charge on any atom is 0.338 e. The summed E-state index contributed by atoms with van der Waals surface area (Å²) >= 11 is 1.42. The van der Waals surface area contributed by atoms with Crippen LogP contribution < -0.4 is 5.32 Å². The van der Waals surface area contributed by atoms with E-state index in [1.807, 2.05) is 49.6 Å². The van der Waals surface area contributed by atoms with Crippen LogP contribution in [0.25, 0.3) is 16.8 Å². The Kier molecular flexibility index (Phi) is 6.77. The molecule has 0 fully saturated rings. The van der Waals surface area contributed by atoms with E-state index in [2.05, 4.69) is 16.4 Å². The Morgan fingerprint density at radius 1 is 1.21 bits per heavy atom. The molecule has 29 heavy (non-hydrogen) atoms. The van der Waals surface area contributed by atoms with Crippen molar-refractivity contribution in [2.45, 2.75) is 13.8 Å². The van der Waals surface area contributed by atoms with Crippen LogP contribution >= 0.6 is 11.3 Å². The van der Waals surface area contributed by atoms with E-state index in [-0.39, 0.29) is 5.97 Å². The van der Waals surface area contributed by atoms with Gasteiger partial charge >= 0.3 is 5.97 Å². The Morgan fingerprint density at radius 3 is 2.59 bits per heavy atom. The molecule has 0 aliphatic carbocycles. The van der Waals surface area contributed by atoms with Crippen molar-refractivity contribution in [3.05, 3.63) is 76.7 Å². The molecule has 0 atom stereocenters. The number of benzene rings is 2. The predicted octanol–water partition coefficient (Wildman–Crippen LogP) is 5.60. The van der Waals surface area contributed by atoms with Crippen molar-refractivity contribution in [1.29, 1.82) is 5.26 Å². The largest absolute Gasteiger partial charge is 0.462 e. The molecule has 0 amide bonds. The molecule has 0 bridgehead atoms. The lowest BCUT2D eigenvalue weighted by Crippen LogP contribution is -2.10. The normalized spacial score (nSPS) is 11.2. The van der Waals surface area contributed by atoms with Crippen LogP contribution in [-0.4, -0.2) is 17.6 Å². The Labute approximate surface area is 174 Å². The predicted molar refractivity (Wildman–Crippen MR) is 116 cm³/mol. The van der Waals surface area contributed by atoms with E-state index in [4.69, 9.17) is 4.74 Å². The van der Waals surface area contributed by atoms with Gasteiger partial charge in [-0.1, -0.05) is 44.2 Å². The number of hydrogen-bond acceptors (Lipinski definition) is 6. The molecule has 0 aliphatic rings. The molecule has 0 saturated carbocycles. The molecule has 3 rings (SSSR count). The third kappa shape index (κ3) is 5.53. The number of hydrogen-bond donors (Lipinski definition) is 1. The van der Waals surface area contributed by atoms with Gasteiger partial charge < -0.3 is 10.1 Å². The van der Waals surface area contributed by atoms with Gasteiger partial charge in [0.25, 0.3) is 0 Å². The summed E-state index contributed by atoms with van der Waals surface area (Å²) in [5.41, 5.74) is 3.56. The highest BCUT2D eigenvalue weighted by molar-refractivity contribution is 7.11. The molecule has 1 aromatic heterocycles. The van der Waals surface area contributed by atoms with Crippen LogP contribution in [0.1, 0.15) is 29.2 Å². The highest BCUT2D eigenvalue weighted by Crippen LogP contribution is 2.26. The Morgan fingerprint density at radius 2 is 1.93 bits per heavy atom. The number of allylic oxidation sites excluding steroid dienone is 1. The first-order valence-electron chi connectivity index (χ1n) is 9.22. The molecule has 1 heterocycles. The van der Waals surface area contributed by atoms with Gasteiger partial charge in [-0.15, -0.1) is 11.3 Å². The van der Waals surface area contributed by atoms with Crippen molar-refractivity contribution in [2.75, 3.05) is 11.9 Å². The van der Waals surface area contributed by atoms with E-state index in [9.17, 15) is 10.1 Å². The number of anilines is 1. The third-order valence-corrected chi connectivity index (χ3v) is 4.85. The zero-order chi connectivity index (χ0) is 20.6. The van der Waals surface area contributed by atoms with Gasteiger partial charge in [-0.3, -0.25) is 0 Å². The summed E-state index contributed by atoms with van der Waals surface area (Å²) in [5.74, 6) is -0.0440. The fourth-order valence-electron chi connectivity index (χ4n) is 2.46. The average Bonchev–Trinajstić information content (AvgIpc) is 3.23. The lowest BCUT2D eigenvalue weighted by Gasteiger charge is -2.07. The van der Waals surface area contributed by atoms with Crippen LogP contribution in [0.15, 0.2) is 66.2 Å². The maximum absolute atomic E-state index is 12.0.